The number of nitrogens with one attached hydrogen (secondary N) is 2. The molecule has 4 aliphatic rings. The molecular formula is C14H14N2O2. The molecule has 2 bridgehead atoms. The molecule has 92 valence electrons. The molecule has 1 aliphatic heterocycles. The van der Waals surface area contributed by atoms with Crippen LogP contribution in [-0.2, 0) is 9.59 Å². The van der Waals surface area contributed by atoms with E-state index in [1.54, 1.807) is 6.08 Å². The van der Waals surface area contributed by atoms with Gasteiger partial charge in [-0.1, -0.05) is 12.2 Å². The van der Waals surface area contributed by atoms with E-state index in [0.29, 0.717) is 5.57 Å². The predicted molar refractivity (Wildman–Crippen MR) is 65.2 cm³/mol. The van der Waals surface area contributed by atoms with E-state index in [-0.39, 0.29) is 28.9 Å². The first kappa shape index (κ1) is 10.3. The highest BCUT2D eigenvalue weighted by molar-refractivity contribution is 6.11. The Morgan fingerprint density at radius 1 is 1.22 bits per heavy atom. The zero-order valence-electron chi connectivity index (χ0n) is 9.90. The second-order valence-electron chi connectivity index (χ2n) is 5.62. The van der Waals surface area contributed by atoms with E-state index in [0.717, 1.165) is 25.0 Å². The highest BCUT2D eigenvalue weighted by atomic mass is 16.1. The molecule has 0 aromatic heterocycles. The average Bonchev–Trinajstić information content (AvgIpc) is 2.58. The molecule has 0 aromatic rings. The SMILES string of the molecule is O=C1C=C2NNC34CC=CCC(C3)C(=O)C(=C1)C24. The molecule has 1 heterocycles. The largest absolute Gasteiger partial charge is 0.324 e. The van der Waals surface area contributed by atoms with E-state index in [4.69, 9.17) is 0 Å². The first-order chi connectivity index (χ1) is 8.70. The molecule has 2 N–H and O–H groups in total. The van der Waals surface area contributed by atoms with Crippen molar-refractivity contribution in [2.45, 2.75) is 24.8 Å². The summed E-state index contributed by atoms with van der Waals surface area (Å²) in [6.45, 7) is 0. The number of carbonyl (C=O) groups excluding carboxylic acids is 2. The minimum absolute atomic E-state index is 0.0193. The molecule has 4 heteroatoms. The molecule has 2 fully saturated rings. The van der Waals surface area contributed by atoms with E-state index in [2.05, 4.69) is 23.0 Å². The second kappa shape index (κ2) is 3.20. The molecule has 0 aromatic carbocycles. The Labute approximate surface area is 105 Å². The first-order valence-electron chi connectivity index (χ1n) is 6.39. The minimum Gasteiger partial charge on any atom is -0.324 e. The van der Waals surface area contributed by atoms with Crippen LogP contribution < -0.4 is 10.9 Å². The quantitative estimate of drug-likeness (QED) is 0.616. The lowest BCUT2D eigenvalue weighted by Crippen LogP contribution is -2.53. The number of hydrogen-bond acceptors (Lipinski definition) is 4. The Hall–Kier alpha value is -1.68. The van der Waals surface area contributed by atoms with Crippen LogP contribution in [-0.4, -0.2) is 17.1 Å². The normalized spacial score (nSPS) is 40.7. The zero-order chi connectivity index (χ0) is 12.3. The third kappa shape index (κ3) is 1.13. The second-order valence-corrected chi connectivity index (χ2v) is 5.62. The molecule has 0 amide bonds. The van der Waals surface area contributed by atoms with Gasteiger partial charge in [0, 0.05) is 29.2 Å². The van der Waals surface area contributed by atoms with E-state index < -0.39 is 0 Å². The summed E-state index contributed by atoms with van der Waals surface area (Å²) in [5, 5.41) is 0. The van der Waals surface area contributed by atoms with Crippen molar-refractivity contribution >= 4 is 11.6 Å². The molecule has 3 unspecified atom stereocenters. The van der Waals surface area contributed by atoms with Crippen molar-refractivity contribution < 1.29 is 9.59 Å². The third-order valence-electron chi connectivity index (χ3n) is 4.56. The third-order valence-corrected chi connectivity index (χ3v) is 4.56. The van der Waals surface area contributed by atoms with Crippen LogP contribution in [0.25, 0.3) is 0 Å². The number of hydrazine groups is 1. The van der Waals surface area contributed by atoms with Gasteiger partial charge < -0.3 is 5.43 Å². The van der Waals surface area contributed by atoms with Gasteiger partial charge in [0.1, 0.15) is 0 Å². The van der Waals surface area contributed by atoms with Crippen molar-refractivity contribution in [3.63, 3.8) is 0 Å². The topological polar surface area (TPSA) is 58.2 Å². The van der Waals surface area contributed by atoms with Gasteiger partial charge in [-0.05, 0) is 25.3 Å². The lowest BCUT2D eigenvalue weighted by atomic mass is 9.63. The summed E-state index contributed by atoms with van der Waals surface area (Å²) in [6, 6.07) is 0. The Morgan fingerprint density at radius 2 is 2.11 bits per heavy atom. The summed E-state index contributed by atoms with van der Waals surface area (Å²) in [7, 11) is 0. The monoisotopic (exact) mass is 242 g/mol. The number of carbonyl (C=O) groups is 2. The number of Topliss-reactive ketones (excluding diaryl/α,β-unsaturated/α-hetero) is 1. The number of fused-ring (bicyclic) bond motifs is 1. The Morgan fingerprint density at radius 3 is 3.00 bits per heavy atom. The van der Waals surface area contributed by atoms with Crippen LogP contribution in [0.2, 0.25) is 0 Å². The molecule has 1 saturated carbocycles. The first-order valence-corrected chi connectivity index (χ1v) is 6.39. The van der Waals surface area contributed by atoms with Crippen LogP contribution in [0.4, 0.5) is 0 Å². The van der Waals surface area contributed by atoms with Crippen LogP contribution in [0.15, 0.2) is 35.6 Å². The fourth-order valence-corrected chi connectivity index (χ4v) is 3.80. The van der Waals surface area contributed by atoms with Crippen molar-refractivity contribution in [1.82, 2.24) is 10.9 Å². The number of allylic oxidation sites excluding steroid dienone is 3. The predicted octanol–water partition coefficient (Wildman–Crippen LogP) is 0.781. The van der Waals surface area contributed by atoms with Gasteiger partial charge in [-0.25, -0.2) is 5.43 Å². The smallest absolute Gasteiger partial charge is 0.180 e. The van der Waals surface area contributed by atoms with Gasteiger partial charge in [0.2, 0.25) is 0 Å². The van der Waals surface area contributed by atoms with Crippen molar-refractivity contribution in [2.75, 3.05) is 0 Å². The molecular weight excluding hydrogens is 228 g/mol. The molecule has 1 saturated heterocycles. The van der Waals surface area contributed by atoms with Crippen LogP contribution in [0, 0.1) is 11.8 Å². The maximum absolute atomic E-state index is 12.4. The number of ketones is 2. The number of hydrogen-bond donors (Lipinski definition) is 2. The summed E-state index contributed by atoms with van der Waals surface area (Å²) in [5.74, 6) is 0.127. The molecule has 0 radical (unpaired) electrons. The lowest BCUT2D eigenvalue weighted by Gasteiger charge is -2.41. The van der Waals surface area contributed by atoms with Gasteiger partial charge in [-0.15, -0.1) is 0 Å². The molecule has 4 nitrogen and oxygen atoms in total. The molecule has 4 rings (SSSR count). The van der Waals surface area contributed by atoms with Crippen molar-refractivity contribution in [3.05, 3.63) is 35.6 Å². The van der Waals surface area contributed by atoms with Crippen LogP contribution >= 0.6 is 0 Å². The maximum atomic E-state index is 12.4. The van der Waals surface area contributed by atoms with E-state index in [9.17, 15) is 9.59 Å². The highest BCUT2D eigenvalue weighted by Crippen LogP contribution is 2.49. The Bertz CT molecular complexity index is 558. The highest BCUT2D eigenvalue weighted by Gasteiger charge is 2.55. The van der Waals surface area contributed by atoms with Crippen LogP contribution in [0.1, 0.15) is 19.3 Å². The standard InChI is InChI=1S/C14H14N2O2/c17-9-5-10-12-11(6-9)15-16-14(12)4-2-1-3-8(7-14)13(10)18/h1-2,5-6,8,12,15-16H,3-4,7H2. The Kier molecular flexibility index (Phi) is 1.83. The van der Waals surface area contributed by atoms with Gasteiger partial charge in [0.15, 0.2) is 11.6 Å². The summed E-state index contributed by atoms with van der Waals surface area (Å²) in [4.78, 5) is 24.1. The van der Waals surface area contributed by atoms with Gasteiger partial charge in [0.05, 0.1) is 5.54 Å². The minimum atomic E-state index is -0.121. The van der Waals surface area contributed by atoms with Crippen molar-refractivity contribution in [3.8, 4) is 0 Å². The van der Waals surface area contributed by atoms with Gasteiger partial charge in [-0.2, -0.15) is 0 Å². The average molecular weight is 242 g/mol. The molecule has 3 atom stereocenters. The molecule has 18 heavy (non-hydrogen) atoms. The Balaban J connectivity index is 1.92. The van der Waals surface area contributed by atoms with Crippen LogP contribution in [0.5, 0.6) is 0 Å². The zero-order valence-corrected chi connectivity index (χ0v) is 9.90. The van der Waals surface area contributed by atoms with E-state index in [1.165, 1.54) is 6.08 Å². The summed E-state index contributed by atoms with van der Waals surface area (Å²) in [6.07, 6.45) is 9.94. The lowest BCUT2D eigenvalue weighted by molar-refractivity contribution is -0.123. The molecule has 1 spiro atoms. The number of rotatable bonds is 0. The van der Waals surface area contributed by atoms with Crippen molar-refractivity contribution in [2.24, 2.45) is 11.8 Å². The van der Waals surface area contributed by atoms with E-state index in [1.807, 2.05) is 0 Å². The fourth-order valence-electron chi connectivity index (χ4n) is 3.80. The van der Waals surface area contributed by atoms with Gasteiger partial charge in [0.25, 0.3) is 0 Å². The fraction of sp³-hybridized carbons (Fsp3) is 0.429. The molecule has 3 aliphatic carbocycles. The van der Waals surface area contributed by atoms with Gasteiger partial charge in [-0.3, -0.25) is 9.59 Å². The maximum Gasteiger partial charge on any atom is 0.180 e. The van der Waals surface area contributed by atoms with Crippen LogP contribution in [0.3, 0.4) is 0 Å². The van der Waals surface area contributed by atoms with Crippen molar-refractivity contribution in [1.29, 1.82) is 0 Å². The van der Waals surface area contributed by atoms with Gasteiger partial charge >= 0.3 is 0 Å². The summed E-state index contributed by atoms with van der Waals surface area (Å²) >= 11 is 0. The van der Waals surface area contributed by atoms with E-state index >= 15 is 0 Å². The summed E-state index contributed by atoms with van der Waals surface area (Å²) in [5.41, 5.74) is 7.90. The summed E-state index contributed by atoms with van der Waals surface area (Å²) < 4.78 is 0.